The van der Waals surface area contributed by atoms with E-state index in [0.29, 0.717) is 30.9 Å². The van der Waals surface area contributed by atoms with E-state index in [2.05, 4.69) is 16.0 Å². The summed E-state index contributed by atoms with van der Waals surface area (Å²) < 4.78 is 31.7. The van der Waals surface area contributed by atoms with Crippen molar-refractivity contribution < 1.29 is 33.0 Å². The highest BCUT2D eigenvalue weighted by atomic mass is 127. The van der Waals surface area contributed by atoms with Gasteiger partial charge in [-0.15, -0.1) is 0 Å². The molecule has 0 spiro atoms. The van der Waals surface area contributed by atoms with Crippen LogP contribution in [0.25, 0.3) is 0 Å². The quantitative estimate of drug-likeness (QED) is 0.156. The van der Waals surface area contributed by atoms with Crippen LogP contribution in [0.2, 0.25) is 0 Å². The Labute approximate surface area is 268 Å². The molecule has 0 radical (unpaired) electrons. The molecule has 9 nitrogen and oxygen atoms in total. The number of halogens is 2. The highest BCUT2D eigenvalue weighted by Gasteiger charge is 2.27. The minimum atomic E-state index is -1.02. The maximum Gasteiger partial charge on any atom is 0.408 e. The molecule has 43 heavy (non-hydrogen) atoms. The highest BCUT2D eigenvalue weighted by molar-refractivity contribution is 14.1. The van der Waals surface area contributed by atoms with E-state index in [1.807, 2.05) is 57.2 Å². The lowest BCUT2D eigenvalue weighted by Crippen LogP contribution is -2.43. The summed E-state index contributed by atoms with van der Waals surface area (Å²) >= 11 is 2.00. The summed E-state index contributed by atoms with van der Waals surface area (Å²) in [4.78, 5) is 38.5. The van der Waals surface area contributed by atoms with E-state index in [1.165, 1.54) is 12.1 Å². The summed E-state index contributed by atoms with van der Waals surface area (Å²) in [5, 5.41) is 8.14. The van der Waals surface area contributed by atoms with Crippen LogP contribution >= 0.6 is 22.6 Å². The van der Waals surface area contributed by atoms with Crippen molar-refractivity contribution in [1.29, 1.82) is 0 Å². The number of anilines is 1. The molecule has 3 amide bonds. The van der Waals surface area contributed by atoms with E-state index in [-0.39, 0.29) is 30.2 Å². The van der Waals surface area contributed by atoms with Gasteiger partial charge in [-0.2, -0.15) is 0 Å². The minimum absolute atomic E-state index is 0.121. The van der Waals surface area contributed by atoms with Gasteiger partial charge in [-0.05, 0) is 112 Å². The fourth-order valence-electron chi connectivity index (χ4n) is 3.92. The number of rotatable bonds is 13. The average Bonchev–Trinajstić information content (AvgIpc) is 2.85. The lowest BCUT2D eigenvalue weighted by molar-refractivity contribution is -0.123. The van der Waals surface area contributed by atoms with E-state index < -0.39 is 34.9 Å². The molecule has 0 aliphatic carbocycles. The number of amides is 3. The van der Waals surface area contributed by atoms with E-state index in [4.69, 9.17) is 14.2 Å². The first kappa shape index (κ1) is 36.3. The first-order valence-electron chi connectivity index (χ1n) is 14.2. The summed E-state index contributed by atoms with van der Waals surface area (Å²) in [5.74, 6) is -0.654. The predicted molar refractivity (Wildman–Crippen MR) is 174 cm³/mol. The highest BCUT2D eigenvalue weighted by Crippen LogP contribution is 2.26. The third-order valence-corrected chi connectivity index (χ3v) is 6.64. The largest absolute Gasteiger partial charge is 0.491 e. The van der Waals surface area contributed by atoms with Crippen LogP contribution in [0, 0.1) is 14.8 Å². The number of carbonyl (C=O) groups is 3. The van der Waals surface area contributed by atoms with E-state index in [9.17, 15) is 18.8 Å². The molecule has 2 aromatic carbocycles. The summed E-state index contributed by atoms with van der Waals surface area (Å²) in [5.41, 5.74) is -0.839. The van der Waals surface area contributed by atoms with Gasteiger partial charge < -0.3 is 30.2 Å². The van der Waals surface area contributed by atoms with Crippen LogP contribution in [0.15, 0.2) is 42.5 Å². The van der Waals surface area contributed by atoms with Crippen molar-refractivity contribution in [2.45, 2.75) is 85.5 Å². The van der Waals surface area contributed by atoms with Gasteiger partial charge in [-0.3, -0.25) is 9.59 Å². The van der Waals surface area contributed by atoms with Gasteiger partial charge in [-0.1, -0.05) is 26.0 Å². The second-order valence-electron chi connectivity index (χ2n) is 13.0. The van der Waals surface area contributed by atoms with Crippen LogP contribution in [-0.2, 0) is 19.1 Å². The number of hydrogen-bond acceptors (Lipinski definition) is 6. The van der Waals surface area contributed by atoms with E-state index >= 15 is 0 Å². The topological polar surface area (TPSA) is 115 Å². The smallest absolute Gasteiger partial charge is 0.408 e. The van der Waals surface area contributed by atoms with Crippen molar-refractivity contribution in [3.8, 4) is 5.75 Å². The van der Waals surface area contributed by atoms with Gasteiger partial charge in [0.2, 0.25) is 11.8 Å². The lowest BCUT2D eigenvalue weighted by atomic mass is 9.85. The Morgan fingerprint density at radius 3 is 2.14 bits per heavy atom. The van der Waals surface area contributed by atoms with Crippen molar-refractivity contribution in [1.82, 2.24) is 10.6 Å². The molecule has 0 saturated heterocycles. The molecule has 2 rings (SSSR count). The first-order valence-corrected chi connectivity index (χ1v) is 15.3. The number of carbonyl (C=O) groups excluding carboxylic acids is 3. The van der Waals surface area contributed by atoms with Crippen molar-refractivity contribution in [3.05, 3.63) is 57.4 Å². The van der Waals surface area contributed by atoms with Gasteiger partial charge >= 0.3 is 6.09 Å². The molecule has 3 N–H and O–H groups in total. The average molecular weight is 714 g/mol. The SMILES string of the molecule is CC(C)(CCNC(=O)C(NC(=O)OC(C)(C)C)c1ccc(OCCOC(C)(C)C)cc1)CC(=O)Nc1ccc(I)cc1F. The summed E-state index contributed by atoms with van der Waals surface area (Å²) in [6.07, 6.45) is -0.146. The van der Waals surface area contributed by atoms with Crippen LogP contribution < -0.4 is 20.7 Å². The third kappa shape index (κ3) is 14.4. The molecule has 0 aliphatic heterocycles. The Balaban J connectivity index is 2.01. The molecule has 11 heteroatoms. The van der Waals surface area contributed by atoms with Gasteiger partial charge in [0.05, 0.1) is 17.9 Å². The molecule has 2 aromatic rings. The maximum absolute atomic E-state index is 14.1. The summed E-state index contributed by atoms with van der Waals surface area (Å²) in [6, 6.07) is 10.4. The van der Waals surface area contributed by atoms with Crippen LogP contribution in [0.1, 0.15) is 79.8 Å². The summed E-state index contributed by atoms with van der Waals surface area (Å²) in [7, 11) is 0. The zero-order valence-electron chi connectivity index (χ0n) is 26.4. The second-order valence-corrected chi connectivity index (χ2v) is 14.3. The number of benzene rings is 2. The Hall–Kier alpha value is -2.93. The maximum atomic E-state index is 14.1. The van der Waals surface area contributed by atoms with Crippen LogP contribution in [-0.4, -0.2) is 48.9 Å². The number of ether oxygens (including phenoxy) is 3. The molecular formula is C32H45FIN3O6. The van der Waals surface area contributed by atoms with E-state index in [1.54, 1.807) is 51.1 Å². The molecule has 0 aromatic heterocycles. The zero-order chi connectivity index (χ0) is 32.4. The number of nitrogens with one attached hydrogen (secondary N) is 3. The van der Waals surface area contributed by atoms with Crippen molar-refractivity contribution >= 4 is 46.2 Å². The van der Waals surface area contributed by atoms with Gasteiger partial charge in [-0.25, -0.2) is 9.18 Å². The predicted octanol–water partition coefficient (Wildman–Crippen LogP) is 6.75. The molecule has 0 fully saturated rings. The van der Waals surface area contributed by atoms with Crippen molar-refractivity contribution in [2.24, 2.45) is 5.41 Å². The molecule has 0 heterocycles. The van der Waals surface area contributed by atoms with Crippen LogP contribution in [0.3, 0.4) is 0 Å². The van der Waals surface area contributed by atoms with Gasteiger partial charge in [0, 0.05) is 16.5 Å². The van der Waals surface area contributed by atoms with Crippen LogP contribution in [0.5, 0.6) is 5.75 Å². The molecule has 0 aliphatic rings. The Morgan fingerprint density at radius 2 is 1.56 bits per heavy atom. The van der Waals surface area contributed by atoms with Gasteiger partial charge in [0.15, 0.2) is 0 Å². The first-order chi connectivity index (χ1) is 19.8. The van der Waals surface area contributed by atoms with Crippen molar-refractivity contribution in [2.75, 3.05) is 25.1 Å². The minimum Gasteiger partial charge on any atom is -0.491 e. The van der Waals surface area contributed by atoms with Crippen LogP contribution in [0.4, 0.5) is 14.9 Å². The van der Waals surface area contributed by atoms with E-state index in [0.717, 1.165) is 3.57 Å². The lowest BCUT2D eigenvalue weighted by Gasteiger charge is -2.26. The normalized spacial score (nSPS) is 12.7. The number of hydrogen-bond donors (Lipinski definition) is 3. The zero-order valence-corrected chi connectivity index (χ0v) is 28.5. The molecule has 238 valence electrons. The Bertz CT molecular complexity index is 1240. The summed E-state index contributed by atoms with van der Waals surface area (Å²) in [6.45, 7) is 16.0. The monoisotopic (exact) mass is 713 g/mol. The Morgan fingerprint density at radius 1 is 0.907 bits per heavy atom. The molecule has 1 unspecified atom stereocenters. The fourth-order valence-corrected chi connectivity index (χ4v) is 4.38. The molecule has 0 bridgehead atoms. The van der Waals surface area contributed by atoms with Crippen molar-refractivity contribution in [3.63, 3.8) is 0 Å². The molecular weight excluding hydrogens is 668 g/mol. The molecule has 0 saturated carbocycles. The molecule has 1 atom stereocenters. The number of alkyl carbamates (subject to hydrolysis) is 1. The Kier molecular flexibility index (Phi) is 13.2. The second kappa shape index (κ2) is 15.7. The fraction of sp³-hybridized carbons (Fsp3) is 0.531. The van der Waals surface area contributed by atoms with Gasteiger partial charge in [0.25, 0.3) is 0 Å². The van der Waals surface area contributed by atoms with Gasteiger partial charge in [0.1, 0.15) is 29.8 Å². The third-order valence-electron chi connectivity index (χ3n) is 5.97. The standard InChI is InChI=1S/C32H45FIN3O6/c1-30(2,3)42-18-17-41-23-12-9-21(10-13-23)27(37-29(40)43-31(4,5)6)28(39)35-16-15-32(7,8)20-26(38)36-25-14-11-22(34)19-24(25)33/h9-14,19,27H,15-18,20H2,1-8H3,(H,35,39)(H,36,38)(H,37,40).